The van der Waals surface area contributed by atoms with Crippen LogP contribution in [0.5, 0.6) is 0 Å². The smallest absolute Gasteiger partial charge is 0.140 e. The van der Waals surface area contributed by atoms with Gasteiger partial charge in [0.2, 0.25) is 0 Å². The maximum atomic E-state index is 13.2. The molecular formula is C23H26O5. The van der Waals surface area contributed by atoms with E-state index in [0.717, 1.165) is 44.5 Å². The van der Waals surface area contributed by atoms with E-state index in [1.807, 2.05) is 24.3 Å². The maximum absolute atomic E-state index is 13.2. The summed E-state index contributed by atoms with van der Waals surface area (Å²) in [5.41, 5.74) is 7.32. The topological polar surface area (TPSA) is 98.0 Å². The van der Waals surface area contributed by atoms with Crippen molar-refractivity contribution in [1.29, 1.82) is 0 Å². The zero-order chi connectivity index (χ0) is 19.8. The summed E-state index contributed by atoms with van der Waals surface area (Å²) in [6.45, 7) is -0.444. The Labute approximate surface area is 164 Å². The third-order valence-electron chi connectivity index (χ3n) is 6.40. The molecule has 28 heavy (non-hydrogen) atoms. The average molecular weight is 382 g/mol. The van der Waals surface area contributed by atoms with E-state index in [4.69, 9.17) is 0 Å². The van der Waals surface area contributed by atoms with Crippen molar-refractivity contribution in [1.82, 2.24) is 0 Å². The van der Waals surface area contributed by atoms with Gasteiger partial charge in [0.05, 0.1) is 26.4 Å². The van der Waals surface area contributed by atoms with Crippen molar-refractivity contribution in [3.63, 3.8) is 0 Å². The summed E-state index contributed by atoms with van der Waals surface area (Å²) in [6, 6.07) is 7.72. The first-order valence-corrected chi connectivity index (χ1v) is 9.82. The number of benzene rings is 2. The van der Waals surface area contributed by atoms with Gasteiger partial charge in [-0.2, -0.15) is 0 Å². The molecule has 2 aromatic rings. The number of fused-ring (bicyclic) bond motifs is 2. The Morgan fingerprint density at radius 2 is 0.857 bits per heavy atom. The lowest BCUT2D eigenvalue weighted by atomic mass is 9.89. The molecule has 0 fully saturated rings. The Hall–Kier alpha value is -2.05. The zero-order valence-corrected chi connectivity index (χ0v) is 15.8. The third-order valence-corrected chi connectivity index (χ3v) is 6.40. The Balaban J connectivity index is 1.51. The highest BCUT2D eigenvalue weighted by atomic mass is 16.3. The second-order valence-electron chi connectivity index (χ2n) is 8.02. The van der Waals surface area contributed by atoms with Gasteiger partial charge in [-0.25, -0.2) is 0 Å². The van der Waals surface area contributed by atoms with Gasteiger partial charge in [-0.1, -0.05) is 24.3 Å². The second-order valence-corrected chi connectivity index (χ2v) is 8.02. The predicted molar refractivity (Wildman–Crippen MR) is 103 cm³/mol. The fraction of sp³-hybridized carbons (Fsp3) is 0.435. The van der Waals surface area contributed by atoms with Gasteiger partial charge in [0.25, 0.3) is 0 Å². The summed E-state index contributed by atoms with van der Waals surface area (Å²) >= 11 is 0. The molecule has 0 radical (unpaired) electrons. The van der Waals surface area contributed by atoms with Crippen LogP contribution in [0.15, 0.2) is 24.3 Å². The molecule has 2 aliphatic rings. The van der Waals surface area contributed by atoms with E-state index in [2.05, 4.69) is 0 Å². The van der Waals surface area contributed by atoms with Crippen LogP contribution in [0.4, 0.5) is 0 Å². The van der Waals surface area contributed by atoms with Gasteiger partial charge in [-0.15, -0.1) is 0 Å². The van der Waals surface area contributed by atoms with Gasteiger partial charge >= 0.3 is 0 Å². The molecule has 0 bridgehead atoms. The summed E-state index contributed by atoms with van der Waals surface area (Å²) < 4.78 is 0. The van der Waals surface area contributed by atoms with Crippen molar-refractivity contribution in [2.24, 2.45) is 11.8 Å². The molecular weight excluding hydrogens is 356 g/mol. The van der Waals surface area contributed by atoms with Gasteiger partial charge in [0, 0.05) is 11.8 Å². The van der Waals surface area contributed by atoms with Crippen LogP contribution in [-0.4, -0.2) is 26.2 Å². The minimum Gasteiger partial charge on any atom is -0.392 e. The Morgan fingerprint density at radius 1 is 0.607 bits per heavy atom. The molecule has 0 unspecified atom stereocenters. The van der Waals surface area contributed by atoms with Crippen LogP contribution >= 0.6 is 0 Å². The van der Waals surface area contributed by atoms with Crippen LogP contribution in [0.3, 0.4) is 0 Å². The van der Waals surface area contributed by atoms with E-state index in [1.54, 1.807) is 0 Å². The van der Waals surface area contributed by atoms with E-state index in [0.29, 0.717) is 25.7 Å². The molecule has 148 valence electrons. The number of aliphatic hydroxyl groups excluding tert-OH is 4. The molecule has 0 saturated carbocycles. The van der Waals surface area contributed by atoms with E-state index in [-0.39, 0.29) is 44.0 Å². The zero-order valence-electron chi connectivity index (χ0n) is 15.8. The molecule has 0 aromatic heterocycles. The van der Waals surface area contributed by atoms with Crippen LogP contribution in [0.1, 0.15) is 44.5 Å². The maximum Gasteiger partial charge on any atom is 0.140 e. The second kappa shape index (κ2) is 7.76. The van der Waals surface area contributed by atoms with Gasteiger partial charge in [-0.3, -0.25) is 4.79 Å². The van der Waals surface area contributed by atoms with Crippen LogP contribution < -0.4 is 0 Å². The van der Waals surface area contributed by atoms with Crippen LogP contribution in [-0.2, 0) is 56.9 Å². The first kappa shape index (κ1) is 19.3. The highest BCUT2D eigenvalue weighted by molar-refractivity contribution is 5.86. The molecule has 0 amide bonds. The number of hydrogen-bond acceptors (Lipinski definition) is 5. The third kappa shape index (κ3) is 3.29. The Bertz CT molecular complexity index is 778. The fourth-order valence-corrected chi connectivity index (χ4v) is 4.87. The van der Waals surface area contributed by atoms with Crippen LogP contribution in [0.25, 0.3) is 0 Å². The van der Waals surface area contributed by atoms with Gasteiger partial charge < -0.3 is 20.4 Å². The van der Waals surface area contributed by atoms with Crippen LogP contribution in [0, 0.1) is 11.8 Å². The lowest BCUT2D eigenvalue weighted by Crippen LogP contribution is -2.24. The van der Waals surface area contributed by atoms with Crippen molar-refractivity contribution in [2.45, 2.75) is 52.1 Å². The summed E-state index contributed by atoms with van der Waals surface area (Å²) in [7, 11) is 0. The molecule has 2 aromatic carbocycles. The lowest BCUT2D eigenvalue weighted by molar-refractivity contribution is -0.126. The monoisotopic (exact) mass is 382 g/mol. The number of hydrogen-bond donors (Lipinski definition) is 4. The minimum atomic E-state index is -0.111. The number of carbonyl (C=O) groups is 1. The molecule has 0 heterocycles. The molecule has 5 nitrogen and oxygen atoms in total. The summed E-state index contributed by atoms with van der Waals surface area (Å²) in [5, 5.41) is 38.0. The van der Waals surface area contributed by atoms with Gasteiger partial charge in [0.1, 0.15) is 5.78 Å². The fourth-order valence-electron chi connectivity index (χ4n) is 4.87. The molecule has 0 atom stereocenters. The Kier molecular flexibility index (Phi) is 5.34. The normalized spacial score (nSPS) is 16.4. The van der Waals surface area contributed by atoms with Crippen molar-refractivity contribution in [2.75, 3.05) is 0 Å². The van der Waals surface area contributed by atoms with Gasteiger partial charge in [-0.05, 0) is 70.2 Å². The largest absolute Gasteiger partial charge is 0.392 e. The van der Waals surface area contributed by atoms with E-state index >= 15 is 0 Å². The summed E-state index contributed by atoms with van der Waals surface area (Å²) in [5.74, 6) is 0.133. The number of aliphatic hydroxyl groups is 4. The van der Waals surface area contributed by atoms with Crippen LogP contribution in [0.2, 0.25) is 0 Å². The number of ketones is 1. The molecule has 4 rings (SSSR count). The SMILES string of the molecule is O=C(C1Cc2cc(CO)c(CO)cc2C1)C1Cc2cc(CO)c(CO)cc2C1. The van der Waals surface area contributed by atoms with Crippen molar-refractivity contribution >= 4 is 5.78 Å². The number of Topliss-reactive ketones (excluding diaryl/α,β-unsaturated/α-hetero) is 1. The van der Waals surface area contributed by atoms with Crippen molar-refractivity contribution < 1.29 is 25.2 Å². The first-order valence-electron chi connectivity index (χ1n) is 9.82. The number of carbonyl (C=O) groups excluding carboxylic acids is 1. The minimum absolute atomic E-state index is 0.0653. The first-order chi connectivity index (χ1) is 13.6. The quantitative estimate of drug-likeness (QED) is 0.605. The molecule has 0 aliphatic heterocycles. The Morgan fingerprint density at radius 3 is 1.07 bits per heavy atom. The van der Waals surface area contributed by atoms with E-state index < -0.39 is 0 Å². The highest BCUT2D eigenvalue weighted by Gasteiger charge is 2.36. The molecule has 2 aliphatic carbocycles. The predicted octanol–water partition coefficient (Wildman–Crippen LogP) is 1.35. The van der Waals surface area contributed by atoms with Crippen molar-refractivity contribution in [3.05, 3.63) is 68.8 Å². The lowest BCUT2D eigenvalue weighted by Gasteiger charge is -2.13. The van der Waals surface area contributed by atoms with E-state index in [9.17, 15) is 25.2 Å². The summed E-state index contributed by atoms with van der Waals surface area (Å²) in [4.78, 5) is 13.2. The average Bonchev–Trinajstić information content (AvgIpc) is 3.33. The highest BCUT2D eigenvalue weighted by Crippen LogP contribution is 2.36. The molecule has 4 N–H and O–H groups in total. The standard InChI is InChI=1S/C23H26O5/c24-9-19-5-13-1-17(2-14(13)6-20(19)10-25)23(28)18-3-15-7-21(11-26)22(12-27)8-16(15)4-18/h5-8,17-18,24-27H,1-4,9-12H2. The molecule has 5 heteroatoms. The molecule has 0 spiro atoms. The van der Waals surface area contributed by atoms with Gasteiger partial charge in [0.15, 0.2) is 0 Å². The van der Waals surface area contributed by atoms with Crippen molar-refractivity contribution in [3.8, 4) is 0 Å². The molecule has 0 saturated heterocycles. The number of rotatable bonds is 6. The summed E-state index contributed by atoms with van der Waals surface area (Å²) in [6.07, 6.45) is 2.74. The van der Waals surface area contributed by atoms with E-state index in [1.165, 1.54) is 0 Å².